The second kappa shape index (κ2) is 3.48. The normalized spacial score (nSPS) is 10.9. The standard InChI is InChI=1S/C7H13N3O/c1-5(2)3-6-9-7(4-8)11-10-6/h5H,3-4,8H2,1-2H3. The zero-order chi connectivity index (χ0) is 8.27. The molecule has 0 fully saturated rings. The third kappa shape index (κ3) is 2.31. The van der Waals surface area contributed by atoms with Crippen LogP contribution in [0.2, 0.25) is 0 Å². The van der Waals surface area contributed by atoms with E-state index < -0.39 is 0 Å². The highest BCUT2D eigenvalue weighted by Crippen LogP contribution is 2.03. The Bertz CT molecular complexity index is 219. The number of nitrogens with two attached hydrogens (primary N) is 1. The van der Waals surface area contributed by atoms with Crippen LogP contribution in [0, 0.1) is 5.92 Å². The molecule has 0 aliphatic carbocycles. The van der Waals surface area contributed by atoms with Crippen molar-refractivity contribution < 1.29 is 4.52 Å². The molecule has 1 aromatic rings. The highest BCUT2D eigenvalue weighted by molar-refractivity contribution is 4.86. The summed E-state index contributed by atoms with van der Waals surface area (Å²) in [5, 5.41) is 3.76. The quantitative estimate of drug-likeness (QED) is 0.698. The van der Waals surface area contributed by atoms with E-state index in [0.29, 0.717) is 18.4 Å². The largest absolute Gasteiger partial charge is 0.338 e. The summed E-state index contributed by atoms with van der Waals surface area (Å²) in [4.78, 5) is 4.07. The molecule has 0 radical (unpaired) electrons. The van der Waals surface area contributed by atoms with Crippen LogP contribution in [0.4, 0.5) is 0 Å². The lowest BCUT2D eigenvalue weighted by Crippen LogP contribution is -1.98. The van der Waals surface area contributed by atoms with Crippen molar-refractivity contribution in [1.29, 1.82) is 0 Å². The van der Waals surface area contributed by atoms with Gasteiger partial charge in [-0.3, -0.25) is 0 Å². The van der Waals surface area contributed by atoms with Gasteiger partial charge in [-0.1, -0.05) is 19.0 Å². The molecule has 0 unspecified atom stereocenters. The summed E-state index contributed by atoms with van der Waals surface area (Å²) >= 11 is 0. The lowest BCUT2D eigenvalue weighted by atomic mass is 10.1. The van der Waals surface area contributed by atoms with E-state index in [1.807, 2.05) is 0 Å². The molecule has 0 aromatic carbocycles. The average molecular weight is 155 g/mol. The van der Waals surface area contributed by atoms with Crippen molar-refractivity contribution in [2.75, 3.05) is 0 Å². The van der Waals surface area contributed by atoms with Crippen molar-refractivity contribution in [3.8, 4) is 0 Å². The van der Waals surface area contributed by atoms with Gasteiger partial charge < -0.3 is 10.3 Å². The van der Waals surface area contributed by atoms with Crippen LogP contribution in [-0.4, -0.2) is 10.1 Å². The zero-order valence-corrected chi connectivity index (χ0v) is 6.87. The number of rotatable bonds is 3. The molecular weight excluding hydrogens is 142 g/mol. The molecule has 1 heterocycles. The zero-order valence-electron chi connectivity index (χ0n) is 6.87. The molecule has 0 aliphatic rings. The summed E-state index contributed by atoms with van der Waals surface area (Å²) in [5.41, 5.74) is 5.30. The van der Waals surface area contributed by atoms with Crippen LogP contribution in [0.15, 0.2) is 4.52 Å². The van der Waals surface area contributed by atoms with Crippen molar-refractivity contribution >= 4 is 0 Å². The number of hydrogen-bond acceptors (Lipinski definition) is 4. The number of aromatic nitrogens is 2. The van der Waals surface area contributed by atoms with Crippen molar-refractivity contribution in [2.45, 2.75) is 26.8 Å². The third-order valence-electron chi connectivity index (χ3n) is 1.28. The van der Waals surface area contributed by atoms with E-state index in [9.17, 15) is 0 Å². The number of hydrogen-bond donors (Lipinski definition) is 1. The Balaban J connectivity index is 2.58. The molecule has 11 heavy (non-hydrogen) atoms. The molecule has 0 bridgehead atoms. The summed E-state index contributed by atoms with van der Waals surface area (Å²) < 4.78 is 4.83. The van der Waals surface area contributed by atoms with Crippen LogP contribution in [-0.2, 0) is 13.0 Å². The van der Waals surface area contributed by atoms with Gasteiger partial charge in [0.2, 0.25) is 5.89 Å². The van der Waals surface area contributed by atoms with Crippen LogP contribution >= 0.6 is 0 Å². The highest BCUT2D eigenvalue weighted by Gasteiger charge is 2.05. The third-order valence-corrected chi connectivity index (χ3v) is 1.28. The molecule has 4 heteroatoms. The van der Waals surface area contributed by atoms with E-state index in [0.717, 1.165) is 12.2 Å². The first-order valence-corrected chi connectivity index (χ1v) is 3.74. The van der Waals surface area contributed by atoms with Gasteiger partial charge in [-0.05, 0) is 5.92 Å². The first-order chi connectivity index (χ1) is 5.22. The molecule has 1 aromatic heterocycles. The molecule has 0 saturated carbocycles. The maximum Gasteiger partial charge on any atom is 0.240 e. The average Bonchev–Trinajstić information content (AvgIpc) is 2.34. The topological polar surface area (TPSA) is 64.9 Å². The Morgan fingerprint density at radius 3 is 2.73 bits per heavy atom. The monoisotopic (exact) mass is 155 g/mol. The lowest BCUT2D eigenvalue weighted by Gasteiger charge is -1.95. The van der Waals surface area contributed by atoms with Crippen LogP contribution in [0.5, 0.6) is 0 Å². The Kier molecular flexibility index (Phi) is 2.59. The SMILES string of the molecule is CC(C)Cc1noc(CN)n1. The second-order valence-corrected chi connectivity index (χ2v) is 2.91. The van der Waals surface area contributed by atoms with Crippen LogP contribution < -0.4 is 5.73 Å². The van der Waals surface area contributed by atoms with E-state index >= 15 is 0 Å². The number of nitrogens with zero attached hydrogens (tertiary/aromatic N) is 2. The van der Waals surface area contributed by atoms with E-state index in [-0.39, 0.29) is 0 Å². The van der Waals surface area contributed by atoms with Gasteiger partial charge in [-0.15, -0.1) is 0 Å². The van der Waals surface area contributed by atoms with Crippen molar-refractivity contribution in [1.82, 2.24) is 10.1 Å². The predicted octanol–water partition coefficient (Wildman–Crippen LogP) is 0.727. The van der Waals surface area contributed by atoms with Gasteiger partial charge in [-0.25, -0.2) is 0 Å². The Morgan fingerprint density at radius 1 is 1.55 bits per heavy atom. The molecule has 0 spiro atoms. The van der Waals surface area contributed by atoms with E-state index in [1.165, 1.54) is 0 Å². The van der Waals surface area contributed by atoms with Crippen molar-refractivity contribution in [3.63, 3.8) is 0 Å². The van der Waals surface area contributed by atoms with Gasteiger partial charge in [0.15, 0.2) is 5.82 Å². The fourth-order valence-electron chi connectivity index (χ4n) is 0.821. The molecular formula is C7H13N3O. The second-order valence-electron chi connectivity index (χ2n) is 2.91. The maximum atomic E-state index is 5.30. The molecule has 2 N–H and O–H groups in total. The summed E-state index contributed by atoms with van der Waals surface area (Å²) in [5.74, 6) is 1.82. The summed E-state index contributed by atoms with van der Waals surface area (Å²) in [6.07, 6.45) is 0.851. The van der Waals surface area contributed by atoms with Gasteiger partial charge in [0.1, 0.15) is 0 Å². The van der Waals surface area contributed by atoms with Gasteiger partial charge in [0.25, 0.3) is 0 Å². The van der Waals surface area contributed by atoms with E-state index in [1.54, 1.807) is 0 Å². The molecule has 0 saturated heterocycles. The molecule has 0 atom stereocenters. The Labute approximate surface area is 65.8 Å². The van der Waals surface area contributed by atoms with Crippen LogP contribution in [0.3, 0.4) is 0 Å². The molecule has 0 amide bonds. The highest BCUT2D eigenvalue weighted by atomic mass is 16.5. The molecule has 1 rings (SSSR count). The van der Waals surface area contributed by atoms with Crippen molar-refractivity contribution in [3.05, 3.63) is 11.7 Å². The predicted molar refractivity (Wildman–Crippen MR) is 40.7 cm³/mol. The fraction of sp³-hybridized carbons (Fsp3) is 0.714. The van der Waals surface area contributed by atoms with Gasteiger partial charge in [0.05, 0.1) is 6.54 Å². The summed E-state index contributed by atoms with van der Waals surface area (Å²) in [7, 11) is 0. The lowest BCUT2D eigenvalue weighted by molar-refractivity contribution is 0.372. The minimum Gasteiger partial charge on any atom is -0.338 e. The smallest absolute Gasteiger partial charge is 0.240 e. The molecule has 4 nitrogen and oxygen atoms in total. The van der Waals surface area contributed by atoms with Crippen LogP contribution in [0.1, 0.15) is 25.6 Å². The van der Waals surface area contributed by atoms with Crippen LogP contribution in [0.25, 0.3) is 0 Å². The Hall–Kier alpha value is -0.900. The maximum absolute atomic E-state index is 5.30. The minimum absolute atomic E-state index is 0.324. The van der Waals surface area contributed by atoms with E-state index in [4.69, 9.17) is 10.3 Å². The first kappa shape index (κ1) is 8.20. The summed E-state index contributed by atoms with van der Waals surface area (Å²) in [6, 6.07) is 0. The van der Waals surface area contributed by atoms with E-state index in [2.05, 4.69) is 24.0 Å². The molecule has 0 aliphatic heterocycles. The molecule has 62 valence electrons. The summed E-state index contributed by atoms with van der Waals surface area (Å²) in [6.45, 7) is 4.54. The van der Waals surface area contributed by atoms with Gasteiger partial charge in [-0.2, -0.15) is 4.98 Å². The Morgan fingerprint density at radius 2 is 2.27 bits per heavy atom. The minimum atomic E-state index is 0.324. The first-order valence-electron chi connectivity index (χ1n) is 3.74. The fourth-order valence-corrected chi connectivity index (χ4v) is 0.821. The van der Waals surface area contributed by atoms with Crippen molar-refractivity contribution in [2.24, 2.45) is 11.7 Å². The van der Waals surface area contributed by atoms with Gasteiger partial charge >= 0.3 is 0 Å². The van der Waals surface area contributed by atoms with Gasteiger partial charge in [0, 0.05) is 6.42 Å².